The zero-order chi connectivity index (χ0) is 11.3. The molecule has 0 aromatic heterocycles. The molecule has 0 aliphatic rings. The molecular weight excluding hydrogens is 186 g/mol. The predicted molar refractivity (Wildman–Crippen MR) is 63.3 cm³/mol. The molecule has 1 N–H and O–H groups in total. The highest BCUT2D eigenvalue weighted by Gasteiger charge is 2.13. The molecular formula is C13H19NO. The average molecular weight is 205 g/mol. The lowest BCUT2D eigenvalue weighted by Gasteiger charge is -2.11. The molecule has 15 heavy (non-hydrogen) atoms. The van der Waals surface area contributed by atoms with Crippen molar-refractivity contribution in [3.05, 3.63) is 35.4 Å². The number of carbonyl (C=O) groups is 1. The lowest BCUT2D eigenvalue weighted by Crippen LogP contribution is -2.33. The lowest BCUT2D eigenvalue weighted by molar-refractivity contribution is 0.0952. The minimum atomic E-state index is -0.0949. The van der Waals surface area contributed by atoms with Crippen LogP contribution in [0, 0.1) is 0 Å². The van der Waals surface area contributed by atoms with E-state index in [0.29, 0.717) is 0 Å². The Morgan fingerprint density at radius 2 is 1.87 bits per heavy atom. The van der Waals surface area contributed by atoms with E-state index in [0.717, 1.165) is 18.5 Å². The van der Waals surface area contributed by atoms with Crippen LogP contribution in [0.2, 0.25) is 0 Å². The van der Waals surface area contributed by atoms with Crippen LogP contribution in [0.25, 0.3) is 0 Å². The molecule has 0 saturated heterocycles. The fourth-order valence-corrected chi connectivity index (χ4v) is 1.55. The Bertz CT molecular complexity index is 316. The van der Waals surface area contributed by atoms with Gasteiger partial charge < -0.3 is 5.32 Å². The fourth-order valence-electron chi connectivity index (χ4n) is 1.55. The second kappa shape index (κ2) is 5.66. The van der Waals surface area contributed by atoms with E-state index in [1.54, 1.807) is 0 Å². The Morgan fingerprint density at radius 3 is 2.33 bits per heavy atom. The van der Waals surface area contributed by atoms with Gasteiger partial charge in [0.05, 0.1) is 6.04 Å². The van der Waals surface area contributed by atoms with Crippen molar-refractivity contribution in [1.82, 2.24) is 5.32 Å². The van der Waals surface area contributed by atoms with Crippen LogP contribution in [-0.2, 0) is 6.42 Å². The number of ketones is 1. The Labute approximate surface area is 91.7 Å². The monoisotopic (exact) mass is 205 g/mol. The van der Waals surface area contributed by atoms with E-state index in [1.807, 2.05) is 38.1 Å². The van der Waals surface area contributed by atoms with Crippen molar-refractivity contribution >= 4 is 5.78 Å². The first-order valence-electron chi connectivity index (χ1n) is 5.55. The van der Waals surface area contributed by atoms with Crippen LogP contribution in [0.3, 0.4) is 0 Å². The highest BCUT2D eigenvalue weighted by atomic mass is 16.1. The maximum atomic E-state index is 11.9. The van der Waals surface area contributed by atoms with Crippen molar-refractivity contribution in [3.8, 4) is 0 Å². The van der Waals surface area contributed by atoms with Gasteiger partial charge in [0, 0.05) is 5.56 Å². The fraction of sp³-hybridized carbons (Fsp3) is 0.462. The number of aryl methyl sites for hydroxylation is 1. The van der Waals surface area contributed by atoms with Gasteiger partial charge in [-0.05, 0) is 25.5 Å². The van der Waals surface area contributed by atoms with Crippen molar-refractivity contribution in [2.75, 3.05) is 6.54 Å². The third-order valence-corrected chi connectivity index (χ3v) is 2.55. The van der Waals surface area contributed by atoms with Crippen LogP contribution < -0.4 is 5.32 Å². The zero-order valence-electron chi connectivity index (χ0n) is 9.71. The molecule has 0 spiro atoms. The van der Waals surface area contributed by atoms with Gasteiger partial charge in [0.2, 0.25) is 0 Å². The van der Waals surface area contributed by atoms with Gasteiger partial charge in [0.1, 0.15) is 0 Å². The summed E-state index contributed by atoms with van der Waals surface area (Å²) in [4.78, 5) is 11.9. The molecule has 0 aliphatic carbocycles. The molecule has 0 bridgehead atoms. The number of carbonyl (C=O) groups excluding carboxylic acids is 1. The van der Waals surface area contributed by atoms with Crippen LogP contribution >= 0.6 is 0 Å². The van der Waals surface area contributed by atoms with Crippen LogP contribution in [0.5, 0.6) is 0 Å². The minimum absolute atomic E-state index is 0.0949. The van der Waals surface area contributed by atoms with Gasteiger partial charge in [-0.3, -0.25) is 4.79 Å². The molecule has 1 atom stereocenters. The Balaban J connectivity index is 2.73. The SMILES string of the molecule is CCN[C@@H](C)C(=O)c1ccc(CC)cc1. The number of rotatable bonds is 5. The Kier molecular flexibility index (Phi) is 4.50. The number of hydrogen-bond donors (Lipinski definition) is 1. The smallest absolute Gasteiger partial charge is 0.179 e. The number of hydrogen-bond acceptors (Lipinski definition) is 2. The summed E-state index contributed by atoms with van der Waals surface area (Å²) in [7, 11) is 0. The molecule has 2 nitrogen and oxygen atoms in total. The van der Waals surface area contributed by atoms with Gasteiger partial charge >= 0.3 is 0 Å². The van der Waals surface area contributed by atoms with Gasteiger partial charge in [0.25, 0.3) is 0 Å². The molecule has 1 rings (SSSR count). The van der Waals surface area contributed by atoms with Crippen molar-refractivity contribution in [1.29, 1.82) is 0 Å². The number of Topliss-reactive ketones (excluding diaryl/α,β-unsaturated/α-hetero) is 1. The van der Waals surface area contributed by atoms with Crippen LogP contribution in [0.15, 0.2) is 24.3 Å². The molecule has 2 heteroatoms. The van der Waals surface area contributed by atoms with E-state index in [1.165, 1.54) is 5.56 Å². The summed E-state index contributed by atoms with van der Waals surface area (Å²) in [6.07, 6.45) is 1.01. The van der Waals surface area contributed by atoms with Crippen molar-refractivity contribution in [3.63, 3.8) is 0 Å². The molecule has 0 heterocycles. The molecule has 0 aliphatic heterocycles. The molecule has 82 valence electrons. The van der Waals surface area contributed by atoms with Gasteiger partial charge in [-0.2, -0.15) is 0 Å². The summed E-state index contributed by atoms with van der Waals surface area (Å²) in [5, 5.41) is 3.12. The third-order valence-electron chi connectivity index (χ3n) is 2.55. The Hall–Kier alpha value is -1.15. The summed E-state index contributed by atoms with van der Waals surface area (Å²) in [6, 6.07) is 7.77. The normalized spacial score (nSPS) is 12.5. The minimum Gasteiger partial charge on any atom is -0.308 e. The lowest BCUT2D eigenvalue weighted by atomic mass is 10.0. The van der Waals surface area contributed by atoms with Crippen molar-refractivity contribution in [2.24, 2.45) is 0 Å². The molecule has 0 unspecified atom stereocenters. The summed E-state index contributed by atoms with van der Waals surface area (Å²) >= 11 is 0. The second-order valence-corrected chi connectivity index (χ2v) is 3.69. The van der Waals surface area contributed by atoms with Crippen LogP contribution in [-0.4, -0.2) is 18.4 Å². The summed E-state index contributed by atoms with van der Waals surface area (Å²) < 4.78 is 0. The number of nitrogens with one attached hydrogen (secondary N) is 1. The molecule has 0 amide bonds. The molecule has 0 saturated carbocycles. The first kappa shape index (κ1) is 11.9. The highest BCUT2D eigenvalue weighted by Crippen LogP contribution is 2.07. The second-order valence-electron chi connectivity index (χ2n) is 3.69. The third kappa shape index (κ3) is 3.17. The number of benzene rings is 1. The van der Waals surface area contributed by atoms with E-state index in [-0.39, 0.29) is 11.8 Å². The van der Waals surface area contributed by atoms with Gasteiger partial charge in [-0.1, -0.05) is 38.1 Å². The Morgan fingerprint density at radius 1 is 1.27 bits per heavy atom. The largest absolute Gasteiger partial charge is 0.308 e. The average Bonchev–Trinajstić information content (AvgIpc) is 2.28. The van der Waals surface area contributed by atoms with Crippen molar-refractivity contribution < 1.29 is 4.79 Å². The molecule has 1 aromatic carbocycles. The maximum absolute atomic E-state index is 11.9. The molecule has 0 radical (unpaired) electrons. The van der Waals surface area contributed by atoms with E-state index in [9.17, 15) is 4.79 Å². The molecule has 1 aromatic rings. The van der Waals surface area contributed by atoms with E-state index >= 15 is 0 Å². The summed E-state index contributed by atoms with van der Waals surface area (Å²) in [6.45, 7) is 6.83. The van der Waals surface area contributed by atoms with E-state index in [2.05, 4.69) is 12.2 Å². The molecule has 0 fully saturated rings. The quantitative estimate of drug-likeness (QED) is 0.748. The van der Waals surface area contributed by atoms with Crippen LogP contribution in [0.4, 0.5) is 0 Å². The van der Waals surface area contributed by atoms with Gasteiger partial charge in [-0.15, -0.1) is 0 Å². The summed E-state index contributed by atoms with van der Waals surface area (Å²) in [5.74, 6) is 0.166. The standard InChI is InChI=1S/C13H19NO/c1-4-11-6-8-12(9-7-11)13(15)10(3)14-5-2/h6-10,14H,4-5H2,1-3H3/t10-/m0/s1. The highest BCUT2D eigenvalue weighted by molar-refractivity contribution is 5.99. The van der Waals surface area contributed by atoms with Crippen LogP contribution in [0.1, 0.15) is 36.7 Å². The first-order valence-corrected chi connectivity index (χ1v) is 5.55. The van der Waals surface area contributed by atoms with Crippen molar-refractivity contribution in [2.45, 2.75) is 33.2 Å². The number of likely N-dealkylation sites (N-methyl/N-ethyl adjacent to an activating group) is 1. The zero-order valence-corrected chi connectivity index (χ0v) is 9.71. The van der Waals surface area contributed by atoms with Gasteiger partial charge in [0.15, 0.2) is 5.78 Å². The van der Waals surface area contributed by atoms with E-state index < -0.39 is 0 Å². The van der Waals surface area contributed by atoms with Gasteiger partial charge in [-0.25, -0.2) is 0 Å². The predicted octanol–water partition coefficient (Wildman–Crippen LogP) is 2.43. The van der Waals surface area contributed by atoms with E-state index in [4.69, 9.17) is 0 Å². The first-order chi connectivity index (χ1) is 7.19. The maximum Gasteiger partial charge on any atom is 0.179 e. The topological polar surface area (TPSA) is 29.1 Å². The summed E-state index contributed by atoms with van der Waals surface area (Å²) in [5.41, 5.74) is 2.06.